The molecular weight excluding hydrogens is 270 g/mol. The number of nitrogens with zero attached hydrogens (tertiary/aromatic N) is 2. The number of benzene rings is 1. The largest absolute Gasteiger partial charge is 0.327 e. The fraction of sp³-hybridized carbons (Fsp3) is 0.308. The molecular formula is C13H12F2N2O3. The van der Waals surface area contributed by atoms with E-state index in [0.29, 0.717) is 18.6 Å². The number of carbonyl (C=O) groups excluding carboxylic acids is 1. The maximum absolute atomic E-state index is 13.2. The number of rotatable bonds is 5. The summed E-state index contributed by atoms with van der Waals surface area (Å²) in [6.45, 7) is 1.98. The van der Waals surface area contributed by atoms with Crippen molar-refractivity contribution in [1.29, 1.82) is 0 Å². The molecule has 7 heteroatoms. The van der Waals surface area contributed by atoms with E-state index in [1.165, 1.54) is 4.90 Å². The van der Waals surface area contributed by atoms with Gasteiger partial charge in [0.2, 0.25) is 0 Å². The van der Waals surface area contributed by atoms with Gasteiger partial charge in [-0.1, -0.05) is 12.8 Å². The summed E-state index contributed by atoms with van der Waals surface area (Å²) in [6, 6.07) is 0.914. The minimum atomic E-state index is -1.38. The molecule has 0 unspecified atom stereocenters. The molecule has 0 fully saturated rings. The van der Waals surface area contributed by atoms with Crippen molar-refractivity contribution < 1.29 is 18.5 Å². The number of hydrogen-bond acceptors (Lipinski definition) is 3. The zero-order valence-corrected chi connectivity index (χ0v) is 10.7. The highest BCUT2D eigenvalue weighted by Crippen LogP contribution is 2.23. The second-order valence-corrected chi connectivity index (χ2v) is 3.97. The molecule has 0 bridgehead atoms. The normalized spacial score (nSPS) is 9.90. The molecule has 0 aliphatic carbocycles. The predicted octanol–water partition coefficient (Wildman–Crippen LogP) is 2.36. The van der Waals surface area contributed by atoms with Gasteiger partial charge in [-0.25, -0.2) is 8.78 Å². The Morgan fingerprint density at radius 1 is 1.45 bits per heavy atom. The Morgan fingerprint density at radius 3 is 2.55 bits per heavy atom. The summed E-state index contributed by atoms with van der Waals surface area (Å²) < 4.78 is 26.3. The first kappa shape index (κ1) is 15.6. The fourth-order valence-corrected chi connectivity index (χ4v) is 1.66. The van der Waals surface area contributed by atoms with Crippen molar-refractivity contribution in [3.05, 3.63) is 39.4 Å². The van der Waals surface area contributed by atoms with Gasteiger partial charge in [0.25, 0.3) is 11.6 Å². The maximum Gasteiger partial charge on any atom is 0.285 e. The van der Waals surface area contributed by atoms with Crippen molar-refractivity contribution in [3.8, 4) is 12.3 Å². The Balaban J connectivity index is 3.29. The van der Waals surface area contributed by atoms with Crippen LogP contribution in [0.15, 0.2) is 12.1 Å². The number of halogens is 2. The Bertz CT molecular complexity index is 582. The van der Waals surface area contributed by atoms with Crippen LogP contribution in [-0.4, -0.2) is 28.8 Å². The van der Waals surface area contributed by atoms with Gasteiger partial charge in [0.1, 0.15) is 5.56 Å². The van der Waals surface area contributed by atoms with Crippen LogP contribution in [-0.2, 0) is 0 Å². The molecule has 0 spiro atoms. The second kappa shape index (κ2) is 6.61. The average molecular weight is 282 g/mol. The van der Waals surface area contributed by atoms with Crippen molar-refractivity contribution in [2.75, 3.05) is 13.1 Å². The van der Waals surface area contributed by atoms with Gasteiger partial charge in [0, 0.05) is 6.54 Å². The highest BCUT2D eigenvalue weighted by atomic mass is 19.2. The van der Waals surface area contributed by atoms with E-state index in [2.05, 4.69) is 5.92 Å². The minimum Gasteiger partial charge on any atom is -0.327 e. The van der Waals surface area contributed by atoms with Gasteiger partial charge in [0.05, 0.1) is 17.5 Å². The molecule has 1 aromatic rings. The predicted molar refractivity (Wildman–Crippen MR) is 68.0 cm³/mol. The van der Waals surface area contributed by atoms with Gasteiger partial charge in [-0.15, -0.1) is 6.42 Å². The Kier molecular flexibility index (Phi) is 5.15. The molecule has 1 aromatic carbocycles. The van der Waals surface area contributed by atoms with Crippen LogP contribution in [0.5, 0.6) is 0 Å². The zero-order valence-electron chi connectivity index (χ0n) is 10.7. The fourth-order valence-electron chi connectivity index (χ4n) is 1.66. The van der Waals surface area contributed by atoms with Gasteiger partial charge in [-0.3, -0.25) is 14.9 Å². The van der Waals surface area contributed by atoms with Crippen LogP contribution in [0.1, 0.15) is 23.7 Å². The number of amides is 1. The van der Waals surface area contributed by atoms with E-state index in [1.54, 1.807) is 6.92 Å². The lowest BCUT2D eigenvalue weighted by Gasteiger charge is -2.19. The molecule has 106 valence electrons. The molecule has 0 N–H and O–H groups in total. The Morgan fingerprint density at radius 2 is 2.05 bits per heavy atom. The first-order valence-electron chi connectivity index (χ1n) is 5.78. The van der Waals surface area contributed by atoms with E-state index in [0.717, 1.165) is 0 Å². The molecule has 0 atom stereocenters. The molecule has 20 heavy (non-hydrogen) atoms. The van der Waals surface area contributed by atoms with Crippen molar-refractivity contribution in [1.82, 2.24) is 4.90 Å². The number of terminal acetylenes is 1. The highest BCUT2D eigenvalue weighted by Gasteiger charge is 2.26. The molecule has 0 saturated carbocycles. The van der Waals surface area contributed by atoms with Crippen LogP contribution < -0.4 is 0 Å². The molecule has 0 radical (unpaired) electrons. The third-order valence-corrected chi connectivity index (χ3v) is 2.53. The van der Waals surface area contributed by atoms with Gasteiger partial charge in [-0.05, 0) is 12.5 Å². The lowest BCUT2D eigenvalue weighted by Crippen LogP contribution is -2.32. The molecule has 5 nitrogen and oxygen atoms in total. The van der Waals surface area contributed by atoms with E-state index in [1.807, 2.05) is 0 Å². The minimum absolute atomic E-state index is 0.0666. The topological polar surface area (TPSA) is 63.5 Å². The van der Waals surface area contributed by atoms with E-state index < -0.39 is 33.7 Å². The van der Waals surface area contributed by atoms with Crippen molar-refractivity contribution in [2.24, 2.45) is 0 Å². The van der Waals surface area contributed by atoms with E-state index in [9.17, 15) is 23.7 Å². The van der Waals surface area contributed by atoms with Crippen LogP contribution in [0.2, 0.25) is 0 Å². The Hall–Kier alpha value is -2.49. The number of nitro benzene ring substituents is 1. The van der Waals surface area contributed by atoms with Gasteiger partial charge < -0.3 is 4.90 Å². The van der Waals surface area contributed by atoms with Crippen LogP contribution in [0.3, 0.4) is 0 Å². The molecule has 0 heterocycles. The quantitative estimate of drug-likeness (QED) is 0.473. The second-order valence-electron chi connectivity index (χ2n) is 3.97. The number of carbonyl (C=O) groups is 1. The average Bonchev–Trinajstić information content (AvgIpc) is 2.40. The summed E-state index contributed by atoms with van der Waals surface area (Å²) in [6.07, 6.45) is 5.69. The molecule has 1 amide bonds. The third kappa shape index (κ3) is 3.29. The molecule has 0 aliphatic heterocycles. The van der Waals surface area contributed by atoms with E-state index in [4.69, 9.17) is 6.42 Å². The summed E-state index contributed by atoms with van der Waals surface area (Å²) >= 11 is 0. The Labute approximate surface area is 114 Å². The summed E-state index contributed by atoms with van der Waals surface area (Å²) in [5.74, 6) is -1.26. The van der Waals surface area contributed by atoms with Gasteiger partial charge in [-0.2, -0.15) is 0 Å². The summed E-state index contributed by atoms with van der Waals surface area (Å²) in [7, 11) is 0. The van der Waals surface area contributed by atoms with Crippen LogP contribution in [0.25, 0.3) is 0 Å². The van der Waals surface area contributed by atoms with Crippen molar-refractivity contribution in [2.45, 2.75) is 13.3 Å². The zero-order chi connectivity index (χ0) is 15.3. The van der Waals surface area contributed by atoms with Crippen LogP contribution in [0.4, 0.5) is 14.5 Å². The first-order valence-corrected chi connectivity index (χ1v) is 5.78. The molecule has 0 saturated heterocycles. The summed E-state index contributed by atoms with van der Waals surface area (Å²) in [5, 5.41) is 10.8. The standard InChI is InChI=1S/C13H12F2N2O3/c1-3-5-16(6-4-2)13(18)9-7-10(14)11(15)8-12(9)17(19)20/h1,7-8H,4-6H2,2H3. The smallest absolute Gasteiger partial charge is 0.285 e. The molecule has 0 aromatic heterocycles. The van der Waals surface area contributed by atoms with Crippen molar-refractivity contribution in [3.63, 3.8) is 0 Å². The monoisotopic (exact) mass is 282 g/mol. The SMILES string of the molecule is C#CCN(CCC)C(=O)c1cc(F)c(F)cc1[N+](=O)[O-]. The summed E-state index contributed by atoms with van der Waals surface area (Å²) in [4.78, 5) is 23.2. The highest BCUT2D eigenvalue weighted by molar-refractivity contribution is 5.98. The van der Waals surface area contributed by atoms with Gasteiger partial charge in [0.15, 0.2) is 11.6 Å². The lowest BCUT2D eigenvalue weighted by atomic mass is 10.1. The molecule has 0 aliphatic rings. The van der Waals surface area contributed by atoms with E-state index >= 15 is 0 Å². The lowest BCUT2D eigenvalue weighted by molar-refractivity contribution is -0.385. The summed E-state index contributed by atoms with van der Waals surface area (Å²) in [5.41, 5.74) is -1.30. The first-order chi connectivity index (χ1) is 9.42. The van der Waals surface area contributed by atoms with Crippen LogP contribution in [0, 0.1) is 34.1 Å². The van der Waals surface area contributed by atoms with Crippen LogP contribution >= 0.6 is 0 Å². The van der Waals surface area contributed by atoms with Crippen molar-refractivity contribution >= 4 is 11.6 Å². The number of hydrogen-bond donors (Lipinski definition) is 0. The van der Waals surface area contributed by atoms with Gasteiger partial charge >= 0.3 is 0 Å². The third-order valence-electron chi connectivity index (χ3n) is 2.53. The maximum atomic E-state index is 13.2. The van der Waals surface area contributed by atoms with E-state index in [-0.39, 0.29) is 13.1 Å². The molecule has 1 rings (SSSR count). The number of nitro groups is 1.